The van der Waals surface area contributed by atoms with Gasteiger partial charge in [-0.3, -0.25) is 10.0 Å². The molecule has 0 fully saturated rings. The molecule has 1 aromatic rings. The first-order valence-corrected chi connectivity index (χ1v) is 6.63. The molecule has 1 N–H and O–H groups in total. The molecule has 82 valence electrons. The monoisotopic (exact) mass is 339 g/mol. The first-order chi connectivity index (χ1) is 7.06. The largest absolute Gasteiger partial charge is 0.340 e. The van der Waals surface area contributed by atoms with Gasteiger partial charge in [0.2, 0.25) is 0 Å². The molecule has 0 saturated heterocycles. The number of amides is 1. The molecule has 0 aromatic heterocycles. The van der Waals surface area contributed by atoms with Gasteiger partial charge in [-0.25, -0.2) is 4.21 Å². The number of anilines is 1. The highest BCUT2D eigenvalue weighted by Gasteiger charge is 2.18. The van der Waals surface area contributed by atoms with Gasteiger partial charge in [-0.2, -0.15) is 5.06 Å². The SMILES string of the molecule is CCS(=O)C(=O)N(O)c1ccc(I)cc1. The van der Waals surface area contributed by atoms with Crippen molar-refractivity contribution in [3.05, 3.63) is 27.8 Å². The van der Waals surface area contributed by atoms with E-state index in [1.165, 1.54) is 0 Å². The molecule has 6 heteroatoms. The molecule has 1 amide bonds. The van der Waals surface area contributed by atoms with Gasteiger partial charge >= 0.3 is 5.24 Å². The third-order valence-electron chi connectivity index (χ3n) is 1.70. The molecule has 0 bridgehead atoms. The number of rotatable bonds is 2. The lowest BCUT2D eigenvalue weighted by atomic mass is 10.3. The Hall–Kier alpha value is -0.470. The molecule has 0 saturated carbocycles. The van der Waals surface area contributed by atoms with Crippen LogP contribution in [0.5, 0.6) is 0 Å². The van der Waals surface area contributed by atoms with Crippen molar-refractivity contribution in [1.82, 2.24) is 0 Å². The van der Waals surface area contributed by atoms with Gasteiger partial charge < -0.3 is 0 Å². The quantitative estimate of drug-likeness (QED) is 0.511. The van der Waals surface area contributed by atoms with Gasteiger partial charge in [0.15, 0.2) is 0 Å². The minimum Gasteiger partial charge on any atom is -0.280 e. The first kappa shape index (κ1) is 12.6. The van der Waals surface area contributed by atoms with Gasteiger partial charge in [0.1, 0.15) is 10.8 Å². The van der Waals surface area contributed by atoms with Crippen molar-refractivity contribution in [2.45, 2.75) is 6.92 Å². The highest BCUT2D eigenvalue weighted by Crippen LogP contribution is 2.16. The summed E-state index contributed by atoms with van der Waals surface area (Å²) in [5, 5.41) is 9.10. The Morgan fingerprint density at radius 2 is 2.00 bits per heavy atom. The van der Waals surface area contributed by atoms with E-state index in [0.29, 0.717) is 10.8 Å². The van der Waals surface area contributed by atoms with Crippen molar-refractivity contribution >= 4 is 44.3 Å². The van der Waals surface area contributed by atoms with E-state index in [1.54, 1.807) is 31.2 Å². The van der Waals surface area contributed by atoms with E-state index in [2.05, 4.69) is 22.6 Å². The van der Waals surface area contributed by atoms with Crippen LogP contribution in [0.25, 0.3) is 0 Å². The highest BCUT2D eigenvalue weighted by molar-refractivity contribution is 14.1. The summed E-state index contributed by atoms with van der Waals surface area (Å²) in [6.45, 7) is 1.62. The van der Waals surface area contributed by atoms with E-state index in [-0.39, 0.29) is 5.75 Å². The molecule has 1 unspecified atom stereocenters. The Morgan fingerprint density at radius 1 is 1.47 bits per heavy atom. The fourth-order valence-electron chi connectivity index (χ4n) is 0.908. The minimum atomic E-state index is -1.67. The fraction of sp³-hybridized carbons (Fsp3) is 0.222. The summed E-state index contributed by atoms with van der Waals surface area (Å²) in [7, 11) is -1.67. The Bertz CT molecular complexity index is 379. The van der Waals surface area contributed by atoms with Crippen LogP contribution >= 0.6 is 22.6 Å². The number of hydrogen-bond donors (Lipinski definition) is 1. The normalized spacial score (nSPS) is 12.2. The molecule has 0 radical (unpaired) electrons. The predicted molar refractivity (Wildman–Crippen MR) is 67.5 cm³/mol. The number of hydroxylamine groups is 1. The zero-order chi connectivity index (χ0) is 11.4. The average molecular weight is 339 g/mol. The number of carbonyl (C=O) groups is 1. The smallest absolute Gasteiger partial charge is 0.280 e. The van der Waals surface area contributed by atoms with Crippen LogP contribution in [0, 0.1) is 3.57 Å². The first-order valence-electron chi connectivity index (χ1n) is 4.23. The molecular weight excluding hydrogens is 329 g/mol. The third kappa shape index (κ3) is 3.25. The average Bonchev–Trinajstić information content (AvgIpc) is 2.27. The van der Waals surface area contributed by atoms with Crippen LogP contribution in [-0.4, -0.2) is 20.4 Å². The molecule has 1 aromatic carbocycles. The zero-order valence-corrected chi connectivity index (χ0v) is 11.0. The van der Waals surface area contributed by atoms with E-state index in [1.807, 2.05) is 0 Å². The second-order valence-corrected chi connectivity index (χ2v) is 5.55. The number of nitrogens with zero attached hydrogens (tertiary/aromatic N) is 1. The van der Waals surface area contributed by atoms with Crippen molar-refractivity contribution < 1.29 is 14.2 Å². The zero-order valence-electron chi connectivity index (χ0n) is 8.01. The molecule has 0 heterocycles. The maximum atomic E-state index is 11.3. The van der Waals surface area contributed by atoms with E-state index in [4.69, 9.17) is 0 Å². The third-order valence-corrected chi connectivity index (χ3v) is 3.51. The van der Waals surface area contributed by atoms with Crippen LogP contribution in [0.3, 0.4) is 0 Å². The van der Waals surface area contributed by atoms with Crippen LogP contribution in [0.4, 0.5) is 10.5 Å². The van der Waals surface area contributed by atoms with Gasteiger partial charge in [-0.15, -0.1) is 0 Å². The minimum absolute atomic E-state index is 0.195. The molecule has 0 spiro atoms. The molecule has 1 rings (SSSR count). The molecule has 0 aliphatic rings. The molecule has 4 nitrogen and oxygen atoms in total. The number of carbonyl (C=O) groups excluding carboxylic acids is 1. The van der Waals surface area contributed by atoms with Crippen molar-refractivity contribution in [3.8, 4) is 0 Å². The number of benzene rings is 1. The maximum absolute atomic E-state index is 11.3. The predicted octanol–water partition coefficient (Wildman–Crippen LogP) is 2.38. The lowest BCUT2D eigenvalue weighted by Crippen LogP contribution is -2.29. The lowest BCUT2D eigenvalue weighted by molar-refractivity contribution is 0.224. The van der Waals surface area contributed by atoms with E-state index < -0.39 is 16.0 Å². The van der Waals surface area contributed by atoms with Crippen LogP contribution < -0.4 is 5.06 Å². The molecule has 0 aliphatic heterocycles. The Kier molecular flexibility index (Phi) is 4.68. The van der Waals surface area contributed by atoms with E-state index in [0.717, 1.165) is 3.57 Å². The van der Waals surface area contributed by atoms with Gasteiger partial charge in [-0.05, 0) is 46.9 Å². The van der Waals surface area contributed by atoms with E-state index >= 15 is 0 Å². The number of halogens is 1. The lowest BCUT2D eigenvalue weighted by Gasteiger charge is -2.13. The fourth-order valence-corrected chi connectivity index (χ4v) is 1.81. The molecule has 0 aliphatic carbocycles. The summed E-state index contributed by atoms with van der Waals surface area (Å²) in [6, 6.07) is 6.68. The van der Waals surface area contributed by atoms with Gasteiger partial charge in [0.05, 0.1) is 5.69 Å². The molecule has 1 atom stereocenters. The van der Waals surface area contributed by atoms with Crippen LogP contribution in [0.1, 0.15) is 6.92 Å². The number of hydrogen-bond acceptors (Lipinski definition) is 3. The van der Waals surface area contributed by atoms with Crippen molar-refractivity contribution in [2.75, 3.05) is 10.8 Å². The Balaban J connectivity index is 2.85. The van der Waals surface area contributed by atoms with Crippen LogP contribution in [0.15, 0.2) is 24.3 Å². The highest BCUT2D eigenvalue weighted by atomic mass is 127. The van der Waals surface area contributed by atoms with Crippen molar-refractivity contribution in [2.24, 2.45) is 0 Å². The summed E-state index contributed by atoms with van der Waals surface area (Å²) < 4.78 is 12.1. The summed E-state index contributed by atoms with van der Waals surface area (Å²) in [5.41, 5.74) is 0.321. The van der Waals surface area contributed by atoms with Gasteiger partial charge in [0.25, 0.3) is 0 Å². The van der Waals surface area contributed by atoms with Crippen molar-refractivity contribution in [3.63, 3.8) is 0 Å². The second kappa shape index (κ2) is 5.57. The van der Waals surface area contributed by atoms with Crippen LogP contribution in [-0.2, 0) is 10.8 Å². The topological polar surface area (TPSA) is 57.6 Å². The summed E-state index contributed by atoms with van der Waals surface area (Å²) in [4.78, 5) is 11.3. The van der Waals surface area contributed by atoms with Gasteiger partial charge in [-0.1, -0.05) is 6.92 Å². The van der Waals surface area contributed by atoms with Gasteiger partial charge in [0, 0.05) is 9.32 Å². The molecular formula is C9H10INO3S. The summed E-state index contributed by atoms with van der Waals surface area (Å²) in [5.74, 6) is 0.195. The van der Waals surface area contributed by atoms with Crippen LogP contribution in [0.2, 0.25) is 0 Å². The van der Waals surface area contributed by atoms with Crippen molar-refractivity contribution in [1.29, 1.82) is 0 Å². The maximum Gasteiger partial charge on any atom is 0.340 e. The second-order valence-electron chi connectivity index (χ2n) is 2.69. The molecule has 15 heavy (non-hydrogen) atoms. The Labute approximate surface area is 104 Å². The summed E-state index contributed by atoms with van der Waals surface area (Å²) in [6.07, 6.45) is 0. The Morgan fingerprint density at radius 3 is 2.47 bits per heavy atom. The summed E-state index contributed by atoms with van der Waals surface area (Å²) >= 11 is 2.11. The standard InChI is InChI=1S/C9H10INO3S/c1-2-15(14)9(12)11(13)8-5-3-7(10)4-6-8/h3-6,13H,2H2,1H3. The van der Waals surface area contributed by atoms with E-state index in [9.17, 15) is 14.2 Å².